The first-order valence-corrected chi connectivity index (χ1v) is 8.71. The summed E-state index contributed by atoms with van der Waals surface area (Å²) in [5, 5.41) is 3.34. The number of ether oxygens (including phenoxy) is 1. The van der Waals surface area contributed by atoms with Crippen molar-refractivity contribution in [1.82, 2.24) is 10.2 Å². The first-order chi connectivity index (χ1) is 12.3. The molecular weight excluding hydrogens is 412 g/mol. The van der Waals surface area contributed by atoms with Crippen molar-refractivity contribution in [3.05, 3.63) is 64.7 Å². The molecule has 0 aliphatic carbocycles. The molecule has 0 unspecified atom stereocenters. The summed E-state index contributed by atoms with van der Waals surface area (Å²) in [5.74, 6) is -0.194. The molecule has 0 spiro atoms. The van der Waals surface area contributed by atoms with Crippen LogP contribution in [-0.4, -0.2) is 37.4 Å². The molecule has 3 nitrogen and oxygen atoms in total. The van der Waals surface area contributed by atoms with Crippen molar-refractivity contribution in [3.8, 4) is 5.75 Å². The Balaban J connectivity index is 0.00000196. The van der Waals surface area contributed by atoms with Crippen molar-refractivity contribution in [2.75, 3.05) is 26.2 Å². The maximum absolute atomic E-state index is 12.4. The predicted octanol–water partition coefficient (Wildman–Crippen LogP) is 5.04. The zero-order valence-corrected chi connectivity index (χ0v) is 17.4. The number of alkyl halides is 3. The number of nitrogens with one attached hydrogen (secondary N) is 1. The number of rotatable bonds is 4. The molecule has 1 saturated heterocycles. The number of halogens is 5. The van der Waals surface area contributed by atoms with Crippen molar-refractivity contribution < 1.29 is 17.9 Å². The van der Waals surface area contributed by atoms with Gasteiger partial charge in [0.25, 0.3) is 0 Å². The summed E-state index contributed by atoms with van der Waals surface area (Å²) in [7, 11) is 0. The SMILES string of the molecule is Cc1ccc([C@H](c2ccc(OC(F)(F)F)cc2)N2CCNCC2)cc1C.Cl.Cl. The molecule has 0 radical (unpaired) electrons. The third-order valence-electron chi connectivity index (χ3n) is 4.79. The Labute approximate surface area is 176 Å². The van der Waals surface area contributed by atoms with E-state index in [0.717, 1.165) is 37.3 Å². The summed E-state index contributed by atoms with van der Waals surface area (Å²) >= 11 is 0. The van der Waals surface area contributed by atoms with Crippen molar-refractivity contribution in [1.29, 1.82) is 0 Å². The van der Waals surface area contributed by atoms with E-state index in [9.17, 15) is 13.2 Å². The molecule has 1 atom stereocenters. The summed E-state index contributed by atoms with van der Waals surface area (Å²) in [6.07, 6.45) is -4.67. The molecule has 0 bridgehead atoms. The van der Waals surface area contributed by atoms with E-state index in [1.807, 2.05) is 0 Å². The van der Waals surface area contributed by atoms with E-state index in [0.29, 0.717) is 0 Å². The van der Waals surface area contributed by atoms with Gasteiger partial charge in [-0.3, -0.25) is 4.90 Å². The Morgan fingerprint density at radius 1 is 0.893 bits per heavy atom. The molecular formula is C20H25Cl2F3N2O. The van der Waals surface area contributed by atoms with E-state index in [4.69, 9.17) is 0 Å². The van der Waals surface area contributed by atoms with Crippen LogP contribution in [0, 0.1) is 13.8 Å². The third-order valence-corrected chi connectivity index (χ3v) is 4.79. The molecule has 1 aliphatic heterocycles. The number of hydrogen-bond donors (Lipinski definition) is 1. The van der Waals surface area contributed by atoms with Crippen LogP contribution in [0.5, 0.6) is 5.75 Å². The zero-order valence-electron chi connectivity index (χ0n) is 15.8. The largest absolute Gasteiger partial charge is 0.573 e. The Kier molecular flexibility index (Phi) is 9.08. The average molecular weight is 437 g/mol. The Hall–Kier alpha value is -1.47. The van der Waals surface area contributed by atoms with Gasteiger partial charge in [0, 0.05) is 26.2 Å². The van der Waals surface area contributed by atoms with Crippen LogP contribution < -0.4 is 10.1 Å². The molecule has 2 aromatic rings. The molecule has 156 valence electrons. The molecule has 8 heteroatoms. The van der Waals surface area contributed by atoms with Gasteiger partial charge < -0.3 is 10.1 Å². The molecule has 1 heterocycles. The van der Waals surface area contributed by atoms with E-state index in [2.05, 4.69) is 47.0 Å². The predicted molar refractivity (Wildman–Crippen MR) is 110 cm³/mol. The molecule has 28 heavy (non-hydrogen) atoms. The molecule has 2 aromatic carbocycles. The Morgan fingerprint density at radius 2 is 1.46 bits per heavy atom. The highest BCUT2D eigenvalue weighted by molar-refractivity contribution is 5.85. The lowest BCUT2D eigenvalue weighted by Crippen LogP contribution is -2.45. The second kappa shape index (κ2) is 10.3. The van der Waals surface area contributed by atoms with Gasteiger partial charge in [-0.25, -0.2) is 0 Å². The quantitative estimate of drug-likeness (QED) is 0.726. The van der Waals surface area contributed by atoms with Crippen molar-refractivity contribution >= 4 is 24.8 Å². The van der Waals surface area contributed by atoms with Crippen molar-refractivity contribution in [2.24, 2.45) is 0 Å². The normalized spacial score (nSPS) is 15.9. The van der Waals surface area contributed by atoms with Crippen LogP contribution in [-0.2, 0) is 0 Å². The molecule has 1 aliphatic rings. The van der Waals surface area contributed by atoms with Crippen LogP contribution in [0.3, 0.4) is 0 Å². The molecule has 0 aromatic heterocycles. The number of benzene rings is 2. The van der Waals surface area contributed by atoms with Gasteiger partial charge in [0.05, 0.1) is 6.04 Å². The lowest BCUT2D eigenvalue weighted by molar-refractivity contribution is -0.274. The van der Waals surface area contributed by atoms with E-state index >= 15 is 0 Å². The van der Waals surface area contributed by atoms with Gasteiger partial charge in [-0.15, -0.1) is 38.0 Å². The fraction of sp³-hybridized carbons (Fsp3) is 0.400. The zero-order chi connectivity index (χ0) is 18.7. The molecule has 1 N–H and O–H groups in total. The summed E-state index contributed by atoms with van der Waals surface area (Å²) < 4.78 is 41.2. The number of nitrogens with zero attached hydrogens (tertiary/aromatic N) is 1. The summed E-state index contributed by atoms with van der Waals surface area (Å²) in [5.41, 5.74) is 4.55. The van der Waals surface area contributed by atoms with Crippen LogP contribution >= 0.6 is 24.8 Å². The summed E-state index contributed by atoms with van der Waals surface area (Å²) in [6.45, 7) is 7.72. The second-order valence-corrected chi connectivity index (χ2v) is 6.65. The van der Waals surface area contributed by atoms with Gasteiger partial charge in [-0.1, -0.05) is 30.3 Å². The number of hydrogen-bond acceptors (Lipinski definition) is 3. The topological polar surface area (TPSA) is 24.5 Å². The minimum atomic E-state index is -4.67. The van der Waals surface area contributed by atoms with Crippen LogP contribution in [0.4, 0.5) is 13.2 Å². The maximum atomic E-state index is 12.4. The fourth-order valence-electron chi connectivity index (χ4n) is 3.34. The van der Waals surface area contributed by atoms with E-state index in [1.54, 1.807) is 12.1 Å². The lowest BCUT2D eigenvalue weighted by atomic mass is 9.94. The highest BCUT2D eigenvalue weighted by atomic mass is 35.5. The van der Waals surface area contributed by atoms with Crippen LogP contribution in [0.25, 0.3) is 0 Å². The molecule has 0 amide bonds. The van der Waals surface area contributed by atoms with Crippen LogP contribution in [0.15, 0.2) is 42.5 Å². The first kappa shape index (κ1) is 24.6. The average Bonchev–Trinajstić information content (AvgIpc) is 2.59. The van der Waals surface area contributed by atoms with Crippen LogP contribution in [0.1, 0.15) is 28.3 Å². The molecule has 0 saturated carbocycles. The smallest absolute Gasteiger partial charge is 0.406 e. The van der Waals surface area contributed by atoms with Crippen molar-refractivity contribution in [2.45, 2.75) is 26.3 Å². The first-order valence-electron chi connectivity index (χ1n) is 8.71. The minimum absolute atomic E-state index is 0. The lowest BCUT2D eigenvalue weighted by Gasteiger charge is -2.36. The van der Waals surface area contributed by atoms with Gasteiger partial charge in [0.1, 0.15) is 5.75 Å². The highest BCUT2D eigenvalue weighted by Gasteiger charge is 2.31. The minimum Gasteiger partial charge on any atom is -0.406 e. The highest BCUT2D eigenvalue weighted by Crippen LogP contribution is 2.32. The standard InChI is InChI=1S/C20H23F3N2O.2ClH/c1-14-3-4-17(13-15(14)2)19(25-11-9-24-10-12-25)16-5-7-18(8-6-16)26-20(21,22)23;;/h3-8,13,19,24H,9-12H2,1-2H3;2*1H/t19-;;/m0../s1. The number of piperazine rings is 1. The fourth-order valence-corrected chi connectivity index (χ4v) is 3.34. The van der Waals surface area contributed by atoms with E-state index in [-0.39, 0.29) is 36.6 Å². The van der Waals surface area contributed by atoms with Crippen molar-refractivity contribution in [3.63, 3.8) is 0 Å². The van der Waals surface area contributed by atoms with Crippen LogP contribution in [0.2, 0.25) is 0 Å². The second-order valence-electron chi connectivity index (χ2n) is 6.65. The Bertz CT molecular complexity index is 748. The molecule has 1 fully saturated rings. The van der Waals surface area contributed by atoms with Gasteiger partial charge in [0.2, 0.25) is 0 Å². The monoisotopic (exact) mass is 436 g/mol. The maximum Gasteiger partial charge on any atom is 0.573 e. The summed E-state index contributed by atoms with van der Waals surface area (Å²) in [6, 6.07) is 12.6. The summed E-state index contributed by atoms with van der Waals surface area (Å²) in [4.78, 5) is 2.36. The van der Waals surface area contributed by atoms with Gasteiger partial charge in [0.15, 0.2) is 0 Å². The van der Waals surface area contributed by atoms with E-state index in [1.165, 1.54) is 23.3 Å². The Morgan fingerprint density at radius 3 is 2.00 bits per heavy atom. The van der Waals surface area contributed by atoms with Gasteiger partial charge in [-0.2, -0.15) is 0 Å². The van der Waals surface area contributed by atoms with Gasteiger partial charge in [-0.05, 0) is 48.2 Å². The number of aryl methyl sites for hydroxylation is 2. The molecule has 3 rings (SSSR count). The third kappa shape index (κ3) is 6.27. The van der Waals surface area contributed by atoms with Gasteiger partial charge >= 0.3 is 6.36 Å². The van der Waals surface area contributed by atoms with E-state index < -0.39 is 6.36 Å².